The maximum atomic E-state index is 12.8. The monoisotopic (exact) mass is 344 g/mol. The topological polar surface area (TPSA) is 98.5 Å². The number of ether oxygens (including phenoxy) is 1. The first-order valence-corrected chi connectivity index (χ1v) is 9.15. The summed E-state index contributed by atoms with van der Waals surface area (Å²) in [7, 11) is -3.57. The number of carbonyl (C=O) groups excluding carboxylic acids is 1. The van der Waals surface area contributed by atoms with Crippen LogP contribution < -0.4 is 11.1 Å². The maximum Gasteiger partial charge on any atom is 0.237 e. The third-order valence-corrected chi connectivity index (χ3v) is 5.65. The molecular weight excluding hydrogens is 323 g/mol. The van der Waals surface area contributed by atoms with Crippen LogP contribution in [0.4, 0.5) is 4.39 Å². The SMILES string of the molecule is NC(C(=O)NCCS(=O)(=O)c1ccc(F)cc1)C1CCOCC1. The summed E-state index contributed by atoms with van der Waals surface area (Å²) in [6.45, 7) is 1.14. The Bertz CT molecular complexity index is 627. The molecule has 0 radical (unpaired) electrons. The Hall–Kier alpha value is -1.51. The minimum Gasteiger partial charge on any atom is -0.381 e. The van der Waals surface area contributed by atoms with Crippen LogP contribution in [-0.4, -0.2) is 45.9 Å². The van der Waals surface area contributed by atoms with E-state index in [1.165, 1.54) is 12.1 Å². The highest BCUT2D eigenvalue weighted by molar-refractivity contribution is 7.91. The fourth-order valence-corrected chi connectivity index (χ4v) is 3.63. The molecule has 0 saturated carbocycles. The Morgan fingerprint density at radius 3 is 2.52 bits per heavy atom. The van der Waals surface area contributed by atoms with Crippen molar-refractivity contribution in [3.8, 4) is 0 Å². The van der Waals surface area contributed by atoms with Gasteiger partial charge in [-0.25, -0.2) is 12.8 Å². The van der Waals surface area contributed by atoms with Crippen LogP contribution in [0.25, 0.3) is 0 Å². The summed E-state index contributed by atoms with van der Waals surface area (Å²) in [5, 5.41) is 2.56. The molecule has 128 valence electrons. The van der Waals surface area contributed by atoms with Crippen LogP contribution in [0, 0.1) is 11.7 Å². The highest BCUT2D eigenvalue weighted by Gasteiger charge is 2.26. The van der Waals surface area contributed by atoms with Crippen LogP contribution in [-0.2, 0) is 19.4 Å². The quantitative estimate of drug-likeness (QED) is 0.731. The van der Waals surface area contributed by atoms with Gasteiger partial charge in [-0.3, -0.25) is 4.79 Å². The van der Waals surface area contributed by atoms with Crippen LogP contribution in [0.2, 0.25) is 0 Å². The first-order valence-electron chi connectivity index (χ1n) is 7.49. The summed E-state index contributed by atoms with van der Waals surface area (Å²) in [4.78, 5) is 12.0. The molecule has 1 fully saturated rings. The summed E-state index contributed by atoms with van der Waals surface area (Å²) >= 11 is 0. The zero-order valence-electron chi connectivity index (χ0n) is 12.7. The van der Waals surface area contributed by atoms with Crippen molar-refractivity contribution in [3.63, 3.8) is 0 Å². The molecule has 0 bridgehead atoms. The van der Waals surface area contributed by atoms with E-state index in [1.54, 1.807) is 0 Å². The Morgan fingerprint density at radius 2 is 1.91 bits per heavy atom. The number of hydrogen-bond acceptors (Lipinski definition) is 5. The Labute approximate surface area is 135 Å². The lowest BCUT2D eigenvalue weighted by Gasteiger charge is -2.26. The molecule has 2 rings (SSSR count). The molecule has 1 unspecified atom stereocenters. The van der Waals surface area contributed by atoms with Crippen molar-refractivity contribution < 1.29 is 22.3 Å². The third-order valence-electron chi connectivity index (χ3n) is 3.92. The lowest BCUT2D eigenvalue weighted by atomic mass is 9.92. The molecule has 0 aliphatic carbocycles. The van der Waals surface area contributed by atoms with Gasteiger partial charge in [0.15, 0.2) is 9.84 Å². The number of sulfone groups is 1. The van der Waals surface area contributed by atoms with E-state index in [4.69, 9.17) is 10.5 Å². The number of carbonyl (C=O) groups is 1. The molecule has 1 amide bonds. The number of nitrogens with two attached hydrogens (primary N) is 1. The molecule has 3 N–H and O–H groups in total. The Kier molecular flexibility index (Phi) is 6.09. The molecule has 1 heterocycles. The number of amides is 1. The van der Waals surface area contributed by atoms with E-state index in [0.717, 1.165) is 25.0 Å². The van der Waals surface area contributed by atoms with Gasteiger partial charge in [0.2, 0.25) is 5.91 Å². The second-order valence-electron chi connectivity index (χ2n) is 5.54. The van der Waals surface area contributed by atoms with Gasteiger partial charge in [-0.05, 0) is 43.0 Å². The predicted molar refractivity (Wildman–Crippen MR) is 83.0 cm³/mol. The van der Waals surface area contributed by atoms with Crippen molar-refractivity contribution in [1.82, 2.24) is 5.32 Å². The lowest BCUT2D eigenvalue weighted by molar-refractivity contribution is -0.124. The fraction of sp³-hybridized carbons (Fsp3) is 0.533. The minimum absolute atomic E-state index is 0.0295. The molecule has 1 aromatic rings. The van der Waals surface area contributed by atoms with Crippen molar-refractivity contribution in [2.75, 3.05) is 25.5 Å². The van der Waals surface area contributed by atoms with Gasteiger partial charge in [-0.2, -0.15) is 0 Å². The van der Waals surface area contributed by atoms with E-state index < -0.39 is 21.7 Å². The van der Waals surface area contributed by atoms with E-state index >= 15 is 0 Å². The molecule has 0 aromatic heterocycles. The second kappa shape index (κ2) is 7.85. The molecular formula is C15H21FN2O4S. The van der Waals surface area contributed by atoms with Gasteiger partial charge in [-0.1, -0.05) is 0 Å². The average Bonchev–Trinajstić information content (AvgIpc) is 2.55. The van der Waals surface area contributed by atoms with Crippen LogP contribution in [0.15, 0.2) is 29.2 Å². The van der Waals surface area contributed by atoms with Crippen LogP contribution in [0.5, 0.6) is 0 Å². The summed E-state index contributed by atoms with van der Waals surface area (Å²) in [6.07, 6.45) is 1.45. The molecule has 6 nitrogen and oxygen atoms in total. The second-order valence-corrected chi connectivity index (χ2v) is 7.65. The molecule has 8 heteroatoms. The predicted octanol–water partition coefficient (Wildman–Crippen LogP) is 0.469. The zero-order valence-corrected chi connectivity index (χ0v) is 13.5. The van der Waals surface area contributed by atoms with Crippen molar-refractivity contribution in [2.24, 2.45) is 11.7 Å². The van der Waals surface area contributed by atoms with Crippen LogP contribution >= 0.6 is 0 Å². The van der Waals surface area contributed by atoms with Crippen molar-refractivity contribution in [3.05, 3.63) is 30.1 Å². The molecule has 1 aromatic carbocycles. The average molecular weight is 344 g/mol. The van der Waals surface area contributed by atoms with Gasteiger partial charge in [0.1, 0.15) is 5.82 Å². The van der Waals surface area contributed by atoms with E-state index in [9.17, 15) is 17.6 Å². The smallest absolute Gasteiger partial charge is 0.237 e. The molecule has 23 heavy (non-hydrogen) atoms. The lowest BCUT2D eigenvalue weighted by Crippen LogP contribution is -2.48. The highest BCUT2D eigenvalue weighted by Crippen LogP contribution is 2.17. The molecule has 1 aliphatic heterocycles. The Balaban J connectivity index is 1.83. The van der Waals surface area contributed by atoms with Crippen LogP contribution in [0.3, 0.4) is 0 Å². The van der Waals surface area contributed by atoms with E-state index in [2.05, 4.69) is 5.32 Å². The van der Waals surface area contributed by atoms with Crippen molar-refractivity contribution in [2.45, 2.75) is 23.8 Å². The summed E-state index contributed by atoms with van der Waals surface area (Å²) in [5.41, 5.74) is 5.91. The van der Waals surface area contributed by atoms with Gasteiger partial charge >= 0.3 is 0 Å². The highest BCUT2D eigenvalue weighted by atomic mass is 32.2. The van der Waals surface area contributed by atoms with E-state index in [-0.39, 0.29) is 29.0 Å². The third kappa shape index (κ3) is 4.98. The number of nitrogens with one attached hydrogen (secondary N) is 1. The standard InChI is InChI=1S/C15H21FN2O4S/c16-12-1-3-13(4-2-12)23(20,21)10-7-18-15(19)14(17)11-5-8-22-9-6-11/h1-4,11,14H,5-10,17H2,(H,18,19). The fourth-order valence-electron chi connectivity index (χ4n) is 2.48. The normalized spacial score (nSPS) is 17.7. The van der Waals surface area contributed by atoms with Gasteiger partial charge in [0, 0.05) is 19.8 Å². The van der Waals surface area contributed by atoms with Crippen molar-refractivity contribution in [1.29, 1.82) is 0 Å². The minimum atomic E-state index is -3.57. The summed E-state index contributed by atoms with van der Waals surface area (Å²) in [6, 6.07) is 3.94. The van der Waals surface area contributed by atoms with Crippen molar-refractivity contribution >= 4 is 15.7 Å². The first kappa shape index (κ1) is 17.8. The summed E-state index contributed by atoms with van der Waals surface area (Å²) in [5.74, 6) is -1.06. The molecule has 1 saturated heterocycles. The van der Waals surface area contributed by atoms with Gasteiger partial charge < -0.3 is 15.8 Å². The molecule has 0 spiro atoms. The molecule has 1 atom stereocenters. The van der Waals surface area contributed by atoms with Gasteiger partial charge in [0.25, 0.3) is 0 Å². The summed E-state index contributed by atoms with van der Waals surface area (Å²) < 4.78 is 42.2. The number of benzene rings is 1. The van der Waals surface area contributed by atoms with Crippen LogP contribution in [0.1, 0.15) is 12.8 Å². The molecule has 1 aliphatic rings. The van der Waals surface area contributed by atoms with Gasteiger partial charge in [-0.15, -0.1) is 0 Å². The number of rotatable bonds is 6. The zero-order chi connectivity index (χ0) is 16.9. The number of hydrogen-bond donors (Lipinski definition) is 2. The maximum absolute atomic E-state index is 12.8. The van der Waals surface area contributed by atoms with E-state index in [0.29, 0.717) is 13.2 Å². The van der Waals surface area contributed by atoms with E-state index in [1.807, 2.05) is 0 Å². The largest absolute Gasteiger partial charge is 0.381 e. The van der Waals surface area contributed by atoms with Gasteiger partial charge in [0.05, 0.1) is 16.7 Å². The number of halogens is 1. The Morgan fingerprint density at radius 1 is 1.30 bits per heavy atom. The first-order chi connectivity index (χ1) is 10.9.